The summed E-state index contributed by atoms with van der Waals surface area (Å²) in [5.41, 5.74) is 2.85. The van der Waals surface area contributed by atoms with Crippen LogP contribution in [-0.4, -0.2) is 20.4 Å². The van der Waals surface area contributed by atoms with Gasteiger partial charge in [-0.05, 0) is 36.8 Å². The summed E-state index contributed by atoms with van der Waals surface area (Å²) >= 11 is 3.01. The second-order valence-corrected chi connectivity index (χ2v) is 7.29. The number of nitrogens with zero attached hydrogens (tertiary/aromatic N) is 3. The molecule has 0 aliphatic carbocycles. The summed E-state index contributed by atoms with van der Waals surface area (Å²) in [5, 5.41) is 6.27. The van der Waals surface area contributed by atoms with Crippen LogP contribution >= 0.6 is 22.7 Å². The van der Waals surface area contributed by atoms with Crippen molar-refractivity contribution in [2.24, 2.45) is 0 Å². The zero-order valence-electron chi connectivity index (χ0n) is 12.9. The van der Waals surface area contributed by atoms with Gasteiger partial charge in [0.05, 0.1) is 22.3 Å². The fraction of sp³-hybridized carbons (Fsp3) is 0.118. The smallest absolute Gasteiger partial charge is 0.232 e. The Kier molecular flexibility index (Phi) is 3.87. The molecule has 5 nitrogen and oxygen atoms in total. The summed E-state index contributed by atoms with van der Waals surface area (Å²) in [6.45, 7) is 2.04. The first-order chi connectivity index (χ1) is 11.7. The van der Waals surface area contributed by atoms with Crippen molar-refractivity contribution in [3.05, 3.63) is 59.4 Å². The van der Waals surface area contributed by atoms with Crippen LogP contribution in [0.3, 0.4) is 0 Å². The number of carbonyl (C=O) groups is 1. The van der Waals surface area contributed by atoms with Gasteiger partial charge in [0, 0.05) is 17.8 Å². The quantitative estimate of drug-likeness (QED) is 0.602. The minimum atomic E-state index is -0.102. The molecule has 1 aromatic carbocycles. The van der Waals surface area contributed by atoms with Gasteiger partial charge in [0.1, 0.15) is 0 Å². The SMILES string of the molecule is Cc1ccc2nc(NC(=O)Cc3csc(-n4cccc4)n3)sc2c1. The molecule has 0 atom stereocenters. The molecule has 3 aromatic heterocycles. The molecule has 120 valence electrons. The van der Waals surface area contributed by atoms with E-state index in [1.54, 1.807) is 0 Å². The number of amides is 1. The van der Waals surface area contributed by atoms with Crippen LogP contribution in [0.25, 0.3) is 15.3 Å². The summed E-state index contributed by atoms with van der Waals surface area (Å²) in [6.07, 6.45) is 4.12. The molecule has 0 unspecified atom stereocenters. The van der Waals surface area contributed by atoms with Crippen LogP contribution in [0.15, 0.2) is 48.1 Å². The Balaban J connectivity index is 1.46. The molecule has 7 heteroatoms. The maximum atomic E-state index is 12.2. The van der Waals surface area contributed by atoms with Gasteiger partial charge in [0.25, 0.3) is 0 Å². The second kappa shape index (κ2) is 6.18. The molecule has 4 rings (SSSR count). The van der Waals surface area contributed by atoms with E-state index in [1.165, 1.54) is 28.2 Å². The molecule has 24 heavy (non-hydrogen) atoms. The maximum Gasteiger partial charge on any atom is 0.232 e. The first-order valence-electron chi connectivity index (χ1n) is 7.42. The Morgan fingerprint density at radius 2 is 2.08 bits per heavy atom. The lowest BCUT2D eigenvalue weighted by Crippen LogP contribution is -2.14. The van der Waals surface area contributed by atoms with Crippen molar-refractivity contribution < 1.29 is 4.79 Å². The van der Waals surface area contributed by atoms with Gasteiger partial charge in [-0.15, -0.1) is 11.3 Å². The highest BCUT2D eigenvalue weighted by Gasteiger charge is 2.11. The van der Waals surface area contributed by atoms with Crippen LogP contribution in [0, 0.1) is 6.92 Å². The van der Waals surface area contributed by atoms with Crippen LogP contribution < -0.4 is 5.32 Å². The summed E-state index contributed by atoms with van der Waals surface area (Å²) in [5.74, 6) is -0.102. The lowest BCUT2D eigenvalue weighted by atomic mass is 10.2. The molecule has 0 saturated heterocycles. The molecule has 0 aliphatic heterocycles. The van der Waals surface area contributed by atoms with E-state index in [9.17, 15) is 4.79 Å². The normalized spacial score (nSPS) is 11.0. The van der Waals surface area contributed by atoms with E-state index < -0.39 is 0 Å². The van der Waals surface area contributed by atoms with Crippen molar-refractivity contribution in [2.75, 3.05) is 5.32 Å². The van der Waals surface area contributed by atoms with Crippen LogP contribution in [0.1, 0.15) is 11.3 Å². The van der Waals surface area contributed by atoms with E-state index in [0.29, 0.717) is 5.13 Å². The number of carbonyl (C=O) groups excluding carboxylic acids is 1. The molecule has 1 N–H and O–H groups in total. The monoisotopic (exact) mass is 354 g/mol. The van der Waals surface area contributed by atoms with Crippen molar-refractivity contribution in [1.82, 2.24) is 14.5 Å². The lowest BCUT2D eigenvalue weighted by molar-refractivity contribution is -0.115. The number of rotatable bonds is 4. The Bertz CT molecular complexity index is 1000. The zero-order chi connectivity index (χ0) is 16.5. The summed E-state index contributed by atoms with van der Waals surface area (Å²) in [6, 6.07) is 9.96. The first-order valence-corrected chi connectivity index (χ1v) is 9.12. The predicted octanol–water partition coefficient (Wildman–Crippen LogP) is 4.03. The fourth-order valence-corrected chi connectivity index (χ4v) is 4.14. The number of thiazole rings is 2. The number of aromatic nitrogens is 3. The van der Waals surface area contributed by atoms with Crippen LogP contribution in [0.5, 0.6) is 0 Å². The van der Waals surface area contributed by atoms with Crippen LogP contribution in [0.4, 0.5) is 5.13 Å². The molecular formula is C17H14N4OS2. The van der Waals surface area contributed by atoms with Crippen molar-refractivity contribution in [1.29, 1.82) is 0 Å². The number of hydrogen-bond acceptors (Lipinski definition) is 5. The molecule has 0 fully saturated rings. The Morgan fingerprint density at radius 3 is 2.92 bits per heavy atom. The Labute approximate surface area is 146 Å². The van der Waals surface area contributed by atoms with Gasteiger partial charge in [-0.3, -0.25) is 4.79 Å². The largest absolute Gasteiger partial charge is 0.302 e. The van der Waals surface area contributed by atoms with E-state index in [0.717, 1.165) is 21.0 Å². The van der Waals surface area contributed by atoms with E-state index in [4.69, 9.17) is 0 Å². The second-order valence-electron chi connectivity index (χ2n) is 5.43. The third kappa shape index (κ3) is 3.08. The molecular weight excluding hydrogens is 340 g/mol. The molecule has 0 radical (unpaired) electrons. The molecule has 1 amide bonds. The maximum absolute atomic E-state index is 12.2. The fourth-order valence-electron chi connectivity index (χ4n) is 2.37. The highest BCUT2D eigenvalue weighted by Crippen LogP contribution is 2.26. The zero-order valence-corrected chi connectivity index (χ0v) is 14.5. The highest BCUT2D eigenvalue weighted by atomic mass is 32.1. The van der Waals surface area contributed by atoms with Crippen LogP contribution in [0.2, 0.25) is 0 Å². The van der Waals surface area contributed by atoms with Crippen molar-refractivity contribution in [3.63, 3.8) is 0 Å². The average molecular weight is 354 g/mol. The minimum absolute atomic E-state index is 0.102. The number of nitrogens with one attached hydrogen (secondary N) is 1. The van der Waals surface area contributed by atoms with E-state index in [-0.39, 0.29) is 12.3 Å². The third-order valence-corrected chi connectivity index (χ3v) is 5.33. The van der Waals surface area contributed by atoms with Gasteiger partial charge in [0.15, 0.2) is 10.3 Å². The number of benzene rings is 1. The summed E-state index contributed by atoms with van der Waals surface area (Å²) in [4.78, 5) is 21.2. The standard InChI is InChI=1S/C17H14N4OS2/c1-11-4-5-13-14(8-11)24-16(19-13)20-15(22)9-12-10-23-17(18-12)21-6-2-3-7-21/h2-8,10H,9H2,1H3,(H,19,20,22). The van der Waals surface area contributed by atoms with Crippen molar-refractivity contribution >= 4 is 43.9 Å². The minimum Gasteiger partial charge on any atom is -0.302 e. The topological polar surface area (TPSA) is 59.8 Å². The van der Waals surface area contributed by atoms with Gasteiger partial charge in [-0.25, -0.2) is 9.97 Å². The van der Waals surface area contributed by atoms with Crippen LogP contribution in [-0.2, 0) is 11.2 Å². The Hall–Kier alpha value is -2.51. The third-order valence-electron chi connectivity index (χ3n) is 3.50. The van der Waals surface area contributed by atoms with Crippen molar-refractivity contribution in [2.45, 2.75) is 13.3 Å². The number of hydrogen-bond donors (Lipinski definition) is 1. The van der Waals surface area contributed by atoms with Gasteiger partial charge in [-0.1, -0.05) is 17.4 Å². The van der Waals surface area contributed by atoms with E-state index in [1.807, 2.05) is 53.5 Å². The van der Waals surface area contributed by atoms with Gasteiger partial charge >= 0.3 is 0 Å². The highest BCUT2D eigenvalue weighted by molar-refractivity contribution is 7.22. The van der Waals surface area contributed by atoms with Gasteiger partial charge < -0.3 is 9.88 Å². The predicted molar refractivity (Wildman–Crippen MR) is 98.1 cm³/mol. The first kappa shape index (κ1) is 15.0. The summed E-state index contributed by atoms with van der Waals surface area (Å²) in [7, 11) is 0. The number of anilines is 1. The van der Waals surface area contributed by atoms with Gasteiger partial charge in [0.2, 0.25) is 5.91 Å². The molecule has 4 aromatic rings. The summed E-state index contributed by atoms with van der Waals surface area (Å²) < 4.78 is 3.01. The Morgan fingerprint density at radius 1 is 1.25 bits per heavy atom. The lowest BCUT2D eigenvalue weighted by Gasteiger charge is -1.99. The number of aryl methyl sites for hydroxylation is 1. The van der Waals surface area contributed by atoms with E-state index >= 15 is 0 Å². The van der Waals surface area contributed by atoms with E-state index in [2.05, 4.69) is 21.4 Å². The number of fused-ring (bicyclic) bond motifs is 1. The molecule has 0 saturated carbocycles. The average Bonchev–Trinajstić information content (AvgIpc) is 3.25. The van der Waals surface area contributed by atoms with Gasteiger partial charge in [-0.2, -0.15) is 0 Å². The molecule has 3 heterocycles. The molecule has 0 spiro atoms. The van der Waals surface area contributed by atoms with Crippen molar-refractivity contribution in [3.8, 4) is 5.13 Å². The molecule has 0 bridgehead atoms. The molecule has 0 aliphatic rings.